The van der Waals surface area contributed by atoms with Crippen LogP contribution < -0.4 is 5.32 Å². The van der Waals surface area contributed by atoms with E-state index in [1.807, 2.05) is 38.3 Å². The normalized spacial score (nSPS) is 11.6. The van der Waals surface area contributed by atoms with Crippen LogP contribution in [0.4, 0.5) is 10.5 Å². The maximum atomic E-state index is 11.9. The van der Waals surface area contributed by atoms with Gasteiger partial charge in [-0.15, -0.1) is 11.3 Å². The van der Waals surface area contributed by atoms with Gasteiger partial charge in [0.1, 0.15) is 11.1 Å². The molecule has 0 aromatic carbocycles. The number of rotatable bonds is 2. The highest BCUT2D eigenvalue weighted by atomic mass is 32.1. The molecule has 0 spiro atoms. The summed E-state index contributed by atoms with van der Waals surface area (Å²) in [7, 11) is 0. The number of carbonyl (C=O) groups excluding carboxylic acids is 1. The van der Waals surface area contributed by atoms with Crippen molar-refractivity contribution >= 4 is 34.3 Å². The van der Waals surface area contributed by atoms with Crippen molar-refractivity contribution in [1.82, 2.24) is 15.0 Å². The van der Waals surface area contributed by atoms with Gasteiger partial charge in [-0.05, 0) is 38.3 Å². The summed E-state index contributed by atoms with van der Waals surface area (Å²) in [6.07, 6.45) is 1.10. The molecule has 0 saturated carbocycles. The Morgan fingerprint density at radius 1 is 1.36 bits per heavy atom. The molecule has 6 nitrogen and oxygen atoms in total. The molecule has 0 radical (unpaired) electrons. The Balaban J connectivity index is 1.92. The fraction of sp³-hybridized carbons (Fsp3) is 0.267. The molecule has 3 heterocycles. The van der Waals surface area contributed by atoms with Gasteiger partial charge in [0, 0.05) is 6.20 Å². The zero-order valence-electron chi connectivity index (χ0n) is 12.5. The number of aromatic amines is 1. The number of H-pyrrole nitrogens is 1. The van der Waals surface area contributed by atoms with Gasteiger partial charge in [-0.3, -0.25) is 5.32 Å². The van der Waals surface area contributed by atoms with Crippen molar-refractivity contribution in [3.63, 3.8) is 0 Å². The number of anilines is 1. The molecule has 0 aliphatic rings. The SMILES string of the molecule is CC(C)(C)OC(=O)Nc1ccnc2nc(-c3cccs3)[nH]c12. The summed E-state index contributed by atoms with van der Waals surface area (Å²) in [5.74, 6) is 0.732. The number of hydrogen-bond acceptors (Lipinski definition) is 5. The summed E-state index contributed by atoms with van der Waals surface area (Å²) in [6, 6.07) is 5.65. The van der Waals surface area contributed by atoms with E-state index in [1.165, 1.54) is 0 Å². The summed E-state index contributed by atoms with van der Waals surface area (Å²) >= 11 is 1.59. The number of hydrogen-bond donors (Lipinski definition) is 2. The molecule has 3 rings (SSSR count). The summed E-state index contributed by atoms with van der Waals surface area (Å²) in [5, 5.41) is 4.71. The van der Waals surface area contributed by atoms with E-state index >= 15 is 0 Å². The van der Waals surface area contributed by atoms with Crippen LogP contribution >= 0.6 is 11.3 Å². The molecule has 1 amide bonds. The predicted octanol–water partition coefficient (Wildman–Crippen LogP) is 4.03. The lowest BCUT2D eigenvalue weighted by Gasteiger charge is -2.19. The van der Waals surface area contributed by atoms with Crippen molar-refractivity contribution < 1.29 is 9.53 Å². The number of thiophene rings is 1. The summed E-state index contributed by atoms with van der Waals surface area (Å²) in [4.78, 5) is 24.8. The molecule has 0 aliphatic carbocycles. The van der Waals surface area contributed by atoms with Gasteiger partial charge in [0.05, 0.1) is 10.6 Å². The minimum absolute atomic E-state index is 0.507. The van der Waals surface area contributed by atoms with Crippen molar-refractivity contribution in [2.24, 2.45) is 0 Å². The van der Waals surface area contributed by atoms with Gasteiger partial charge in [-0.1, -0.05) is 6.07 Å². The van der Waals surface area contributed by atoms with Gasteiger partial charge in [0.15, 0.2) is 11.5 Å². The van der Waals surface area contributed by atoms with Gasteiger partial charge in [0.2, 0.25) is 0 Å². The zero-order valence-corrected chi connectivity index (χ0v) is 13.3. The highest BCUT2D eigenvalue weighted by molar-refractivity contribution is 7.13. The Kier molecular flexibility index (Phi) is 3.58. The molecule has 0 bridgehead atoms. The van der Waals surface area contributed by atoms with E-state index in [9.17, 15) is 4.79 Å². The average Bonchev–Trinajstić information content (AvgIpc) is 3.05. The highest BCUT2D eigenvalue weighted by Gasteiger charge is 2.18. The second-order valence-electron chi connectivity index (χ2n) is 5.75. The van der Waals surface area contributed by atoms with Gasteiger partial charge in [0.25, 0.3) is 0 Å². The monoisotopic (exact) mass is 316 g/mol. The minimum Gasteiger partial charge on any atom is -0.444 e. The molecule has 0 atom stereocenters. The standard InChI is InChI=1S/C15H16N4O2S/c1-15(2,3)21-14(20)17-9-6-7-16-13-11(9)18-12(19-13)10-5-4-8-22-10/h4-8H,1-3H3,(H2,16,17,18,19,20). The first-order valence-corrected chi connectivity index (χ1v) is 7.69. The lowest BCUT2D eigenvalue weighted by Crippen LogP contribution is -2.27. The van der Waals surface area contributed by atoms with Crippen molar-refractivity contribution in [2.75, 3.05) is 5.32 Å². The summed E-state index contributed by atoms with van der Waals surface area (Å²) in [6.45, 7) is 5.46. The number of aromatic nitrogens is 3. The van der Waals surface area contributed by atoms with Crippen LogP contribution in [-0.2, 0) is 4.74 Å². The minimum atomic E-state index is -0.549. The van der Waals surface area contributed by atoms with Crippen LogP contribution in [0.15, 0.2) is 29.8 Å². The van der Waals surface area contributed by atoms with Crippen molar-refractivity contribution in [3.8, 4) is 10.7 Å². The number of pyridine rings is 1. The zero-order chi connectivity index (χ0) is 15.7. The number of fused-ring (bicyclic) bond motifs is 1. The van der Waals surface area contributed by atoms with Crippen molar-refractivity contribution in [1.29, 1.82) is 0 Å². The molecule has 0 aliphatic heterocycles. The first kappa shape index (κ1) is 14.5. The third-order valence-electron chi connectivity index (χ3n) is 2.78. The fourth-order valence-electron chi connectivity index (χ4n) is 1.96. The second kappa shape index (κ2) is 5.42. The average molecular weight is 316 g/mol. The Bertz CT molecular complexity index is 803. The molecule has 0 fully saturated rings. The smallest absolute Gasteiger partial charge is 0.412 e. The van der Waals surface area contributed by atoms with Crippen LogP contribution in [0.25, 0.3) is 21.9 Å². The Labute approximate surface area is 131 Å². The lowest BCUT2D eigenvalue weighted by molar-refractivity contribution is 0.0636. The number of nitrogens with zero attached hydrogens (tertiary/aromatic N) is 2. The molecule has 0 unspecified atom stereocenters. The largest absolute Gasteiger partial charge is 0.444 e. The second-order valence-corrected chi connectivity index (χ2v) is 6.69. The highest BCUT2D eigenvalue weighted by Crippen LogP contribution is 2.27. The molecule has 114 valence electrons. The van der Waals surface area contributed by atoms with E-state index in [0.29, 0.717) is 16.9 Å². The van der Waals surface area contributed by atoms with Crippen LogP contribution in [0.3, 0.4) is 0 Å². The molecular formula is C15H16N4O2S. The van der Waals surface area contributed by atoms with Crippen LogP contribution in [0.1, 0.15) is 20.8 Å². The Morgan fingerprint density at radius 2 is 2.18 bits per heavy atom. The van der Waals surface area contributed by atoms with Crippen LogP contribution in [0.5, 0.6) is 0 Å². The predicted molar refractivity (Wildman–Crippen MR) is 87.1 cm³/mol. The van der Waals surface area contributed by atoms with Crippen molar-refractivity contribution in [2.45, 2.75) is 26.4 Å². The Hall–Kier alpha value is -2.41. The molecule has 0 saturated heterocycles. The summed E-state index contributed by atoms with van der Waals surface area (Å²) in [5.41, 5.74) is 1.27. The molecule has 22 heavy (non-hydrogen) atoms. The van der Waals surface area contributed by atoms with E-state index in [1.54, 1.807) is 23.6 Å². The van der Waals surface area contributed by atoms with E-state index in [0.717, 1.165) is 10.7 Å². The van der Waals surface area contributed by atoms with Gasteiger partial charge >= 0.3 is 6.09 Å². The number of amides is 1. The third-order valence-corrected chi connectivity index (χ3v) is 3.66. The Morgan fingerprint density at radius 3 is 2.86 bits per heavy atom. The molecular weight excluding hydrogens is 300 g/mol. The van der Waals surface area contributed by atoms with E-state index in [4.69, 9.17) is 4.74 Å². The van der Waals surface area contributed by atoms with Gasteiger partial charge in [-0.25, -0.2) is 14.8 Å². The first-order chi connectivity index (χ1) is 10.4. The van der Waals surface area contributed by atoms with Crippen LogP contribution in [-0.4, -0.2) is 26.6 Å². The quantitative estimate of drug-likeness (QED) is 0.748. The third kappa shape index (κ3) is 3.09. The molecule has 3 aromatic rings. The number of carbonyl (C=O) groups is 1. The molecule has 3 aromatic heterocycles. The topological polar surface area (TPSA) is 79.9 Å². The van der Waals surface area contributed by atoms with Gasteiger partial charge < -0.3 is 9.72 Å². The van der Waals surface area contributed by atoms with E-state index < -0.39 is 11.7 Å². The molecule has 2 N–H and O–H groups in total. The number of ether oxygens (including phenoxy) is 1. The van der Waals surface area contributed by atoms with Crippen LogP contribution in [0.2, 0.25) is 0 Å². The number of imidazole rings is 1. The van der Waals surface area contributed by atoms with Crippen molar-refractivity contribution in [3.05, 3.63) is 29.8 Å². The molecule has 7 heteroatoms. The first-order valence-electron chi connectivity index (χ1n) is 6.81. The maximum Gasteiger partial charge on any atom is 0.412 e. The summed E-state index contributed by atoms with van der Waals surface area (Å²) < 4.78 is 5.27. The lowest BCUT2D eigenvalue weighted by atomic mass is 10.2. The maximum absolute atomic E-state index is 11.9. The number of nitrogens with one attached hydrogen (secondary N) is 2. The van der Waals surface area contributed by atoms with E-state index in [2.05, 4.69) is 20.3 Å². The van der Waals surface area contributed by atoms with Crippen LogP contribution in [0, 0.1) is 0 Å². The van der Waals surface area contributed by atoms with E-state index in [-0.39, 0.29) is 0 Å². The fourth-order valence-corrected chi connectivity index (χ4v) is 2.63. The van der Waals surface area contributed by atoms with Gasteiger partial charge in [-0.2, -0.15) is 0 Å².